The van der Waals surface area contributed by atoms with Crippen LogP contribution in [0.1, 0.15) is 59.9 Å². The zero-order valence-corrected chi connectivity index (χ0v) is 32.7. The van der Waals surface area contributed by atoms with Gasteiger partial charge in [0.15, 0.2) is 5.82 Å². The monoisotopic (exact) mass is 801 g/mol. The summed E-state index contributed by atoms with van der Waals surface area (Å²) in [6.45, 7) is 6.16. The van der Waals surface area contributed by atoms with Crippen LogP contribution in [-0.2, 0) is 57.6 Å². The van der Waals surface area contributed by atoms with Crippen molar-refractivity contribution in [3.8, 4) is 0 Å². The number of ether oxygens (including phenoxy) is 4. The molecular weight excluding hydrogens is 750 g/mol. The number of unbranched alkanes of at least 4 members (excludes halogenated alkanes) is 1. The van der Waals surface area contributed by atoms with Gasteiger partial charge in [0.1, 0.15) is 11.3 Å². The number of nitrogen functional groups attached to an aromatic ring is 1. The van der Waals surface area contributed by atoms with Crippen LogP contribution in [0.5, 0.6) is 0 Å². The van der Waals surface area contributed by atoms with Crippen molar-refractivity contribution in [2.75, 3.05) is 71.7 Å². The Hall–Kier alpha value is -5.75. The fourth-order valence-corrected chi connectivity index (χ4v) is 6.16. The van der Waals surface area contributed by atoms with E-state index < -0.39 is 17.8 Å². The molecule has 310 valence electrons. The molecule has 1 aliphatic heterocycles. The Balaban J connectivity index is 0.913. The van der Waals surface area contributed by atoms with Gasteiger partial charge in [-0.25, -0.2) is 14.8 Å². The minimum Gasteiger partial charge on any atom is -0.478 e. The van der Waals surface area contributed by atoms with E-state index in [1.54, 1.807) is 12.1 Å². The third-order valence-electron chi connectivity index (χ3n) is 9.26. The summed E-state index contributed by atoms with van der Waals surface area (Å²) in [7, 11) is 0. The number of nitrogens with zero attached hydrogens (tertiary/aromatic N) is 4. The molecule has 17 nitrogen and oxygen atoms in total. The van der Waals surface area contributed by atoms with Gasteiger partial charge in [-0.05, 0) is 35.7 Å². The van der Waals surface area contributed by atoms with E-state index in [4.69, 9.17) is 29.7 Å². The number of aryl methyl sites for hydroxylation is 1. The fraction of sp³-hybridized carbons (Fsp3) is 0.439. The Morgan fingerprint density at radius 1 is 0.776 bits per heavy atom. The van der Waals surface area contributed by atoms with Crippen molar-refractivity contribution in [3.63, 3.8) is 0 Å². The highest BCUT2D eigenvalue weighted by Gasteiger charge is 2.23. The maximum atomic E-state index is 12.4. The summed E-state index contributed by atoms with van der Waals surface area (Å²) < 4.78 is 24.0. The Bertz CT molecular complexity index is 2070. The van der Waals surface area contributed by atoms with Gasteiger partial charge in [-0.2, -0.15) is 0 Å². The number of carboxylic acid groups (broad SMARTS) is 1. The lowest BCUT2D eigenvalue weighted by atomic mass is 10.1. The Labute approximate surface area is 335 Å². The molecule has 4 amide bonds. The molecule has 5 N–H and O–H groups in total. The van der Waals surface area contributed by atoms with E-state index >= 15 is 0 Å². The van der Waals surface area contributed by atoms with Gasteiger partial charge in [0.25, 0.3) is 11.8 Å². The van der Waals surface area contributed by atoms with Gasteiger partial charge < -0.3 is 45.0 Å². The third kappa shape index (κ3) is 12.6. The van der Waals surface area contributed by atoms with Crippen molar-refractivity contribution in [3.05, 3.63) is 77.1 Å². The van der Waals surface area contributed by atoms with E-state index in [0.717, 1.165) is 52.0 Å². The molecule has 0 atom stereocenters. The number of imide groups is 1. The number of carboxylic acids is 1. The van der Waals surface area contributed by atoms with Gasteiger partial charge in [0, 0.05) is 63.0 Å². The van der Waals surface area contributed by atoms with Crippen molar-refractivity contribution in [1.82, 2.24) is 30.1 Å². The lowest BCUT2D eigenvalue weighted by molar-refractivity contribution is -0.137. The third-order valence-corrected chi connectivity index (χ3v) is 9.26. The maximum Gasteiger partial charge on any atom is 0.335 e. The molecule has 0 spiro atoms. The van der Waals surface area contributed by atoms with E-state index in [1.807, 2.05) is 24.3 Å². The number of benzene rings is 2. The first kappa shape index (κ1) is 43.4. The average molecular weight is 802 g/mol. The molecule has 0 radical (unpaired) electrons. The number of carbonyl (C=O) groups excluding carboxylic acids is 4. The second-order valence-electron chi connectivity index (χ2n) is 13.5. The lowest BCUT2D eigenvalue weighted by Crippen LogP contribution is -2.35. The Morgan fingerprint density at radius 2 is 1.40 bits per heavy atom. The number of hydrogen-bond acceptors (Lipinski definition) is 12. The maximum absolute atomic E-state index is 12.4. The number of rotatable bonds is 26. The molecule has 2 aromatic carbocycles. The largest absolute Gasteiger partial charge is 0.478 e. The molecule has 3 heterocycles. The van der Waals surface area contributed by atoms with E-state index in [-0.39, 0.29) is 49.2 Å². The van der Waals surface area contributed by atoms with Crippen molar-refractivity contribution < 1.29 is 48.0 Å². The van der Waals surface area contributed by atoms with Crippen LogP contribution in [-0.4, -0.2) is 120 Å². The highest BCUT2D eigenvalue weighted by Crippen LogP contribution is 2.31. The summed E-state index contributed by atoms with van der Waals surface area (Å²) in [4.78, 5) is 69.2. The van der Waals surface area contributed by atoms with Gasteiger partial charge in [-0.15, -0.1) is 0 Å². The summed E-state index contributed by atoms with van der Waals surface area (Å²) in [5.74, 6) is -1.09. The second-order valence-corrected chi connectivity index (χ2v) is 13.5. The van der Waals surface area contributed by atoms with Gasteiger partial charge in [0.2, 0.25) is 11.8 Å². The summed E-state index contributed by atoms with van der Waals surface area (Å²) in [5.41, 5.74) is 10.4. The molecule has 0 aliphatic carbocycles. The molecule has 1 aliphatic rings. The molecule has 4 aromatic rings. The Kier molecular flexibility index (Phi) is 16.6. The number of anilines is 1. The van der Waals surface area contributed by atoms with Gasteiger partial charge in [-0.3, -0.25) is 24.1 Å². The van der Waals surface area contributed by atoms with Crippen LogP contribution in [0.25, 0.3) is 21.9 Å². The molecule has 0 unspecified atom stereocenters. The summed E-state index contributed by atoms with van der Waals surface area (Å²) in [6.07, 6.45) is 5.34. The number of fused-ring (bicyclic) bond motifs is 3. The summed E-state index contributed by atoms with van der Waals surface area (Å²) in [5, 5.41) is 15.9. The molecular formula is C41H51N7O10. The molecule has 17 heteroatoms. The zero-order valence-electron chi connectivity index (χ0n) is 32.7. The lowest BCUT2D eigenvalue weighted by Gasteiger charge is -2.13. The molecule has 5 rings (SSSR count). The number of carbonyl (C=O) groups is 5. The minimum atomic E-state index is -1.03. The highest BCUT2D eigenvalue weighted by atomic mass is 16.6. The smallest absolute Gasteiger partial charge is 0.335 e. The summed E-state index contributed by atoms with van der Waals surface area (Å²) in [6, 6.07) is 12.9. The minimum absolute atomic E-state index is 0.0334. The number of pyridine rings is 1. The molecule has 0 saturated heterocycles. The van der Waals surface area contributed by atoms with Crippen LogP contribution in [0.4, 0.5) is 5.82 Å². The van der Waals surface area contributed by atoms with E-state index in [9.17, 15) is 29.1 Å². The van der Waals surface area contributed by atoms with Crippen molar-refractivity contribution >= 4 is 57.4 Å². The fourth-order valence-electron chi connectivity index (χ4n) is 6.16. The number of hydrogen-bond donors (Lipinski definition) is 4. The van der Waals surface area contributed by atoms with Crippen LogP contribution in [0.3, 0.4) is 0 Å². The first-order chi connectivity index (χ1) is 28.1. The van der Waals surface area contributed by atoms with Gasteiger partial charge in [-0.1, -0.05) is 37.6 Å². The number of aromatic carboxylic acids is 1. The predicted molar refractivity (Wildman–Crippen MR) is 214 cm³/mol. The van der Waals surface area contributed by atoms with Gasteiger partial charge in [0.05, 0.1) is 69.5 Å². The Morgan fingerprint density at radius 3 is 2.05 bits per heavy atom. The van der Waals surface area contributed by atoms with Crippen LogP contribution < -0.4 is 16.4 Å². The SMILES string of the molecule is CCCCc1nc2c(N)nc3cc(C(=O)O)ccc3c2n1Cc1ccc(CNC(=O)CCOCCOCCOCCOCCNC(=O)CCN2C(=O)C=CC2=O)cc1. The van der Waals surface area contributed by atoms with Crippen molar-refractivity contribution in [2.24, 2.45) is 0 Å². The van der Waals surface area contributed by atoms with Crippen LogP contribution in [0.2, 0.25) is 0 Å². The summed E-state index contributed by atoms with van der Waals surface area (Å²) >= 11 is 0. The van der Waals surface area contributed by atoms with Crippen molar-refractivity contribution in [1.29, 1.82) is 0 Å². The number of amides is 4. The molecule has 0 saturated carbocycles. The highest BCUT2D eigenvalue weighted by molar-refractivity contribution is 6.13. The van der Waals surface area contributed by atoms with Crippen LogP contribution >= 0.6 is 0 Å². The standard InChI is InChI=1S/C41H51N7O10/c1-2-3-4-33-46-38-39(31-10-9-30(41(53)54)25-32(31)45-40(38)42)48(33)27-29-7-5-28(6-8-29)26-44-35(50)14-17-55-19-21-57-23-24-58-22-20-56-18-15-43-34(49)13-16-47-36(51)11-12-37(47)52/h5-12,25H,2-4,13-24,26-27H2,1H3,(H2,42,45)(H,43,49)(H,44,50)(H,53,54). The predicted octanol–water partition coefficient (Wildman–Crippen LogP) is 2.76. The first-order valence-corrected chi connectivity index (χ1v) is 19.4. The second kappa shape index (κ2) is 22.3. The van der Waals surface area contributed by atoms with E-state index in [1.165, 1.54) is 18.2 Å². The zero-order chi connectivity index (χ0) is 41.3. The first-order valence-electron chi connectivity index (χ1n) is 19.4. The normalized spacial score (nSPS) is 12.6. The van der Waals surface area contributed by atoms with E-state index in [0.29, 0.717) is 76.9 Å². The number of aromatic nitrogens is 3. The average Bonchev–Trinajstić information content (AvgIpc) is 3.74. The quantitative estimate of drug-likeness (QED) is 0.0530. The number of nitrogens with one attached hydrogen (secondary N) is 2. The van der Waals surface area contributed by atoms with Gasteiger partial charge >= 0.3 is 5.97 Å². The molecule has 0 bridgehead atoms. The van der Waals surface area contributed by atoms with Crippen molar-refractivity contribution in [2.45, 2.75) is 52.1 Å². The molecule has 58 heavy (non-hydrogen) atoms. The molecule has 0 fully saturated rings. The topological polar surface area (TPSA) is 227 Å². The van der Waals surface area contributed by atoms with E-state index in [2.05, 4.69) is 27.1 Å². The number of imidazole rings is 1. The van der Waals surface area contributed by atoms with Crippen LogP contribution in [0, 0.1) is 0 Å². The molecule has 2 aromatic heterocycles. The number of nitrogens with two attached hydrogens (primary N) is 1. The van der Waals surface area contributed by atoms with Crippen LogP contribution in [0.15, 0.2) is 54.6 Å².